The van der Waals surface area contributed by atoms with E-state index < -0.39 is 35.3 Å². The van der Waals surface area contributed by atoms with Crippen LogP contribution in [0.15, 0.2) is 91.0 Å². The smallest absolute Gasteiger partial charge is 0.350 e. The number of aliphatic hydroxyl groups is 1. The van der Waals surface area contributed by atoms with Gasteiger partial charge in [-0.2, -0.15) is 0 Å². The first-order valence-corrected chi connectivity index (χ1v) is 14.1. The Bertz CT molecular complexity index is 1740. The van der Waals surface area contributed by atoms with Gasteiger partial charge in [0.2, 0.25) is 0 Å². The van der Waals surface area contributed by atoms with E-state index >= 15 is 0 Å². The number of rotatable bonds is 9. The molecule has 1 aliphatic rings. The van der Waals surface area contributed by atoms with Gasteiger partial charge in [-0.1, -0.05) is 60.4 Å². The highest BCUT2D eigenvalue weighted by molar-refractivity contribution is 7.17. The Morgan fingerprint density at radius 3 is 2.44 bits per heavy atom. The van der Waals surface area contributed by atoms with E-state index in [4.69, 9.17) is 9.47 Å². The van der Waals surface area contributed by atoms with Crippen molar-refractivity contribution in [3.8, 4) is 5.75 Å². The number of benzene rings is 3. The number of thiazole rings is 1. The number of aryl methyl sites for hydroxylation is 2. The number of ether oxygens (including phenoxy) is 2. The molecule has 4 aromatic rings. The van der Waals surface area contributed by atoms with Gasteiger partial charge in [0.15, 0.2) is 5.13 Å². The van der Waals surface area contributed by atoms with Gasteiger partial charge in [0.25, 0.3) is 5.78 Å². The van der Waals surface area contributed by atoms with Gasteiger partial charge in [0.1, 0.15) is 35.4 Å². The minimum Gasteiger partial charge on any atom is -0.507 e. The normalized spacial score (nSPS) is 15.9. The van der Waals surface area contributed by atoms with Crippen LogP contribution in [0.1, 0.15) is 43.7 Å². The van der Waals surface area contributed by atoms with E-state index in [1.165, 1.54) is 30.3 Å². The molecule has 1 unspecified atom stereocenters. The molecule has 0 spiro atoms. The van der Waals surface area contributed by atoms with Gasteiger partial charge in [-0.3, -0.25) is 14.5 Å². The van der Waals surface area contributed by atoms with Crippen molar-refractivity contribution in [1.82, 2.24) is 4.98 Å². The second-order valence-electron chi connectivity index (χ2n) is 9.76. The summed E-state index contributed by atoms with van der Waals surface area (Å²) in [6.07, 6.45) is 1.42. The highest BCUT2D eigenvalue weighted by Crippen LogP contribution is 2.44. The number of carbonyl (C=O) groups excluding carboxylic acids is 3. The maximum Gasteiger partial charge on any atom is 0.350 e. The summed E-state index contributed by atoms with van der Waals surface area (Å²) in [5, 5.41) is 11.5. The van der Waals surface area contributed by atoms with Crippen LogP contribution in [0.2, 0.25) is 0 Å². The third kappa shape index (κ3) is 5.96. The van der Waals surface area contributed by atoms with Crippen molar-refractivity contribution in [2.75, 3.05) is 11.5 Å². The number of hydrogen-bond donors (Lipinski definition) is 1. The third-order valence-electron chi connectivity index (χ3n) is 6.92. The van der Waals surface area contributed by atoms with Crippen molar-refractivity contribution in [3.05, 3.63) is 130 Å². The molecule has 2 heterocycles. The molecule has 1 N–H and O–H groups in total. The first-order chi connectivity index (χ1) is 20.7. The van der Waals surface area contributed by atoms with Gasteiger partial charge in [-0.25, -0.2) is 14.2 Å². The number of esters is 1. The summed E-state index contributed by atoms with van der Waals surface area (Å²) in [7, 11) is 0. The number of aliphatic hydroxyl groups excluding tert-OH is 1. The summed E-state index contributed by atoms with van der Waals surface area (Å²) in [4.78, 5) is 45.1. The molecule has 43 heavy (non-hydrogen) atoms. The number of hydrogen-bond acceptors (Lipinski definition) is 8. The van der Waals surface area contributed by atoms with E-state index in [1.807, 2.05) is 31.2 Å². The van der Waals surface area contributed by atoms with Gasteiger partial charge in [0, 0.05) is 5.56 Å². The fourth-order valence-corrected chi connectivity index (χ4v) is 5.65. The minimum atomic E-state index is -1.14. The van der Waals surface area contributed by atoms with E-state index in [2.05, 4.69) is 11.6 Å². The zero-order valence-corrected chi connectivity index (χ0v) is 24.2. The van der Waals surface area contributed by atoms with Crippen LogP contribution >= 0.6 is 11.3 Å². The van der Waals surface area contributed by atoms with Crippen molar-refractivity contribution >= 4 is 39.9 Å². The molecular formula is C33H27FN2O6S. The molecule has 0 aliphatic carbocycles. The molecule has 1 aromatic heterocycles. The molecule has 218 valence electrons. The molecule has 1 aliphatic heterocycles. The summed E-state index contributed by atoms with van der Waals surface area (Å²) >= 11 is 0.877. The van der Waals surface area contributed by atoms with Gasteiger partial charge in [0.05, 0.1) is 17.3 Å². The Hall–Kier alpha value is -5.09. The van der Waals surface area contributed by atoms with Gasteiger partial charge in [-0.05, 0) is 66.9 Å². The van der Waals surface area contributed by atoms with Crippen molar-refractivity contribution in [3.63, 3.8) is 0 Å². The largest absolute Gasteiger partial charge is 0.507 e. The zero-order valence-electron chi connectivity index (χ0n) is 23.4. The quantitative estimate of drug-likeness (QED) is 0.0776. The molecule has 1 atom stereocenters. The fourth-order valence-electron chi connectivity index (χ4n) is 4.66. The van der Waals surface area contributed by atoms with Crippen LogP contribution in [0.25, 0.3) is 5.76 Å². The molecule has 0 radical (unpaired) electrons. The Balaban J connectivity index is 1.52. The van der Waals surface area contributed by atoms with Crippen LogP contribution in [-0.4, -0.2) is 34.4 Å². The molecule has 0 saturated carbocycles. The number of halogens is 1. The van der Waals surface area contributed by atoms with E-state index in [1.54, 1.807) is 31.2 Å². The zero-order chi connectivity index (χ0) is 30.7. The number of nitrogens with zero attached hydrogens (tertiary/aromatic N) is 2. The standard InChI is InChI=1S/C33H27FN2O6S/c1-4-17-41-32(40)30-20(3)35-33(43-30)36-27(21-9-13-24(34)14-10-21)26(29(38)31(36)39)28(37)22-11-15-25(16-12-22)42-18-23-8-6-5-7-19(23)2/h4-16,27,37H,1,17-18H2,2-3H3. The molecule has 1 amide bonds. The van der Waals surface area contributed by atoms with Crippen LogP contribution < -0.4 is 9.64 Å². The SMILES string of the molecule is C=CCOC(=O)c1sc(N2C(=O)C(=O)C(=C(O)c3ccc(OCc4ccccc4C)cc3)C2c2ccc(F)cc2)nc1C. The van der Waals surface area contributed by atoms with Crippen molar-refractivity contribution in [2.45, 2.75) is 26.5 Å². The Kier molecular flexibility index (Phi) is 8.49. The first kappa shape index (κ1) is 29.4. The summed E-state index contributed by atoms with van der Waals surface area (Å²) < 4.78 is 24.9. The molecule has 1 saturated heterocycles. The summed E-state index contributed by atoms with van der Waals surface area (Å²) in [6.45, 7) is 7.44. The lowest BCUT2D eigenvalue weighted by Crippen LogP contribution is -2.29. The minimum absolute atomic E-state index is 0.0126. The average molecular weight is 599 g/mol. The maximum absolute atomic E-state index is 13.9. The van der Waals surface area contributed by atoms with Crippen LogP contribution in [-0.2, 0) is 20.9 Å². The first-order valence-electron chi connectivity index (χ1n) is 13.3. The number of amides is 1. The number of carbonyl (C=O) groups is 3. The van der Waals surface area contributed by atoms with Gasteiger partial charge >= 0.3 is 11.9 Å². The molecule has 10 heteroatoms. The second kappa shape index (κ2) is 12.4. The Morgan fingerprint density at radius 1 is 1.07 bits per heavy atom. The second-order valence-corrected chi connectivity index (χ2v) is 10.7. The summed E-state index contributed by atoms with van der Waals surface area (Å²) in [5.74, 6) is -2.94. The molecule has 1 fully saturated rings. The lowest BCUT2D eigenvalue weighted by atomic mass is 9.95. The predicted octanol–water partition coefficient (Wildman–Crippen LogP) is 6.45. The Morgan fingerprint density at radius 2 is 1.77 bits per heavy atom. The van der Waals surface area contributed by atoms with Crippen molar-refractivity contribution in [1.29, 1.82) is 0 Å². The summed E-state index contributed by atoms with van der Waals surface area (Å²) in [5.41, 5.74) is 2.87. The highest BCUT2D eigenvalue weighted by atomic mass is 32.1. The van der Waals surface area contributed by atoms with Gasteiger partial charge in [-0.15, -0.1) is 0 Å². The van der Waals surface area contributed by atoms with Crippen LogP contribution in [0, 0.1) is 19.7 Å². The molecule has 0 bridgehead atoms. The van der Waals surface area contributed by atoms with Gasteiger partial charge < -0.3 is 14.6 Å². The van der Waals surface area contributed by atoms with E-state index in [-0.39, 0.29) is 27.8 Å². The Labute approximate surface area is 251 Å². The fraction of sp³-hybridized carbons (Fsp3) is 0.152. The van der Waals surface area contributed by atoms with E-state index in [9.17, 15) is 23.9 Å². The average Bonchev–Trinajstić information content (AvgIpc) is 3.52. The maximum atomic E-state index is 13.9. The number of ketones is 1. The van der Waals surface area contributed by atoms with Crippen LogP contribution in [0.3, 0.4) is 0 Å². The highest BCUT2D eigenvalue weighted by Gasteiger charge is 2.48. The number of anilines is 1. The lowest BCUT2D eigenvalue weighted by Gasteiger charge is -2.23. The number of Topliss-reactive ketones (excluding diaryl/α,β-unsaturated/α-hetero) is 1. The van der Waals surface area contributed by atoms with Crippen molar-refractivity contribution in [2.24, 2.45) is 0 Å². The van der Waals surface area contributed by atoms with Crippen LogP contribution in [0.5, 0.6) is 5.75 Å². The predicted molar refractivity (Wildman–Crippen MR) is 160 cm³/mol. The molecule has 3 aromatic carbocycles. The van der Waals surface area contributed by atoms with Crippen molar-refractivity contribution < 1.29 is 33.4 Å². The molecule has 5 rings (SSSR count). The van der Waals surface area contributed by atoms with Crippen LogP contribution in [0.4, 0.5) is 9.52 Å². The monoisotopic (exact) mass is 598 g/mol. The lowest BCUT2D eigenvalue weighted by molar-refractivity contribution is -0.132. The number of aromatic nitrogens is 1. The summed E-state index contributed by atoms with van der Waals surface area (Å²) in [6, 6.07) is 18.4. The van der Waals surface area contributed by atoms with E-state index in [0.29, 0.717) is 23.6 Å². The third-order valence-corrected chi connectivity index (χ3v) is 8.06. The molecule has 8 nitrogen and oxygen atoms in total. The van der Waals surface area contributed by atoms with E-state index in [0.717, 1.165) is 27.4 Å². The molecular weight excluding hydrogens is 571 g/mol. The topological polar surface area (TPSA) is 106 Å².